The molecular formula is C8H7FO4. The highest BCUT2D eigenvalue weighted by Gasteiger charge is 2.10. The molecule has 0 aliphatic rings. The zero-order chi connectivity index (χ0) is 10.0. The van der Waals surface area contributed by atoms with Crippen LogP contribution in [0.4, 0.5) is 4.39 Å². The van der Waals surface area contributed by atoms with Crippen LogP contribution in [0.15, 0.2) is 12.1 Å². The summed E-state index contributed by atoms with van der Waals surface area (Å²) in [6.07, 6.45) is -0.398. The molecule has 0 aliphatic carbocycles. The molecule has 0 amide bonds. The quantitative estimate of drug-likeness (QED) is 0.598. The second-order valence-electron chi connectivity index (χ2n) is 2.52. The van der Waals surface area contributed by atoms with Crippen molar-refractivity contribution < 1.29 is 24.5 Å². The standard InChI is InChI=1S/C8H7FO4/c9-5-1-4(3-7(11)12)2-6(10)8(5)13/h1-2,10,13H,3H2,(H,11,12). The molecule has 1 rings (SSSR count). The lowest BCUT2D eigenvalue weighted by Gasteiger charge is -2.01. The summed E-state index contributed by atoms with van der Waals surface area (Å²) in [5.41, 5.74) is 0.0975. The van der Waals surface area contributed by atoms with Gasteiger partial charge >= 0.3 is 5.97 Å². The molecule has 1 aromatic carbocycles. The van der Waals surface area contributed by atoms with E-state index in [1.165, 1.54) is 0 Å². The molecule has 0 saturated carbocycles. The van der Waals surface area contributed by atoms with Crippen molar-refractivity contribution in [3.05, 3.63) is 23.5 Å². The number of phenols is 2. The van der Waals surface area contributed by atoms with E-state index in [4.69, 9.17) is 15.3 Å². The Kier molecular flexibility index (Phi) is 2.36. The molecule has 0 heterocycles. The number of phenolic OH excluding ortho intramolecular Hbond substituents is 2. The molecule has 0 unspecified atom stereocenters. The van der Waals surface area contributed by atoms with Gasteiger partial charge in [-0.25, -0.2) is 4.39 Å². The van der Waals surface area contributed by atoms with Crippen LogP contribution in [0.1, 0.15) is 5.56 Å². The molecule has 3 N–H and O–H groups in total. The van der Waals surface area contributed by atoms with Crippen LogP contribution in [0.2, 0.25) is 0 Å². The molecule has 0 aromatic heterocycles. The molecule has 70 valence electrons. The number of benzene rings is 1. The van der Waals surface area contributed by atoms with Crippen molar-refractivity contribution in [3.63, 3.8) is 0 Å². The molecule has 1 aromatic rings. The number of rotatable bonds is 2. The predicted octanol–water partition coefficient (Wildman–Crippen LogP) is 0.864. The van der Waals surface area contributed by atoms with Crippen molar-refractivity contribution in [3.8, 4) is 11.5 Å². The third kappa shape index (κ3) is 2.08. The number of aliphatic carboxylic acids is 1. The first-order valence-corrected chi connectivity index (χ1v) is 3.43. The third-order valence-electron chi connectivity index (χ3n) is 1.46. The van der Waals surface area contributed by atoms with Gasteiger partial charge in [0, 0.05) is 0 Å². The van der Waals surface area contributed by atoms with Gasteiger partial charge in [-0.05, 0) is 17.7 Å². The Bertz CT molecular complexity index is 325. The average Bonchev–Trinajstić information content (AvgIpc) is 1.98. The fraction of sp³-hybridized carbons (Fsp3) is 0.125. The number of carboxylic acid groups (broad SMARTS) is 1. The topological polar surface area (TPSA) is 77.8 Å². The lowest BCUT2D eigenvalue weighted by Crippen LogP contribution is -2.00. The van der Waals surface area contributed by atoms with Crippen LogP contribution in [0.5, 0.6) is 11.5 Å². The third-order valence-corrected chi connectivity index (χ3v) is 1.46. The molecule has 0 fully saturated rings. The number of hydrogen-bond donors (Lipinski definition) is 3. The van der Waals surface area contributed by atoms with Crippen LogP contribution in [-0.2, 0) is 11.2 Å². The fourth-order valence-corrected chi connectivity index (χ4v) is 0.916. The highest BCUT2D eigenvalue weighted by Crippen LogP contribution is 2.28. The van der Waals surface area contributed by atoms with Crippen molar-refractivity contribution >= 4 is 5.97 Å². The molecule has 13 heavy (non-hydrogen) atoms. The Labute approximate surface area is 72.9 Å². The largest absolute Gasteiger partial charge is 0.504 e. The van der Waals surface area contributed by atoms with E-state index in [1.807, 2.05) is 0 Å². The lowest BCUT2D eigenvalue weighted by atomic mass is 10.1. The van der Waals surface area contributed by atoms with E-state index in [0.29, 0.717) is 0 Å². The highest BCUT2D eigenvalue weighted by molar-refractivity contribution is 5.70. The van der Waals surface area contributed by atoms with E-state index in [2.05, 4.69) is 0 Å². The SMILES string of the molecule is O=C(O)Cc1cc(O)c(O)c(F)c1. The zero-order valence-electron chi connectivity index (χ0n) is 6.49. The normalized spacial score (nSPS) is 9.92. The summed E-state index contributed by atoms with van der Waals surface area (Å²) in [5, 5.41) is 26.1. The van der Waals surface area contributed by atoms with E-state index < -0.39 is 29.7 Å². The number of halogens is 1. The minimum Gasteiger partial charge on any atom is -0.504 e. The smallest absolute Gasteiger partial charge is 0.307 e. The van der Waals surface area contributed by atoms with Gasteiger partial charge in [0.05, 0.1) is 6.42 Å². The van der Waals surface area contributed by atoms with Crippen molar-refractivity contribution in [2.45, 2.75) is 6.42 Å². The number of carbonyl (C=O) groups is 1. The second kappa shape index (κ2) is 3.30. The zero-order valence-corrected chi connectivity index (χ0v) is 6.49. The van der Waals surface area contributed by atoms with E-state index >= 15 is 0 Å². The van der Waals surface area contributed by atoms with E-state index in [0.717, 1.165) is 12.1 Å². The molecule has 0 saturated heterocycles. The van der Waals surface area contributed by atoms with E-state index in [-0.39, 0.29) is 5.56 Å². The maximum absolute atomic E-state index is 12.7. The molecular weight excluding hydrogens is 179 g/mol. The summed E-state index contributed by atoms with van der Waals surface area (Å²) in [6.45, 7) is 0. The Hall–Kier alpha value is -1.78. The first-order valence-electron chi connectivity index (χ1n) is 3.43. The van der Waals surface area contributed by atoms with Crippen LogP contribution in [0, 0.1) is 5.82 Å². The Morgan fingerprint density at radius 1 is 1.38 bits per heavy atom. The minimum atomic E-state index is -1.13. The van der Waals surface area contributed by atoms with Gasteiger partial charge < -0.3 is 15.3 Å². The highest BCUT2D eigenvalue weighted by atomic mass is 19.1. The summed E-state index contributed by atoms with van der Waals surface area (Å²) >= 11 is 0. The van der Waals surface area contributed by atoms with Crippen LogP contribution in [-0.4, -0.2) is 21.3 Å². The Morgan fingerprint density at radius 3 is 2.46 bits per heavy atom. The first-order chi connectivity index (χ1) is 6.00. The van der Waals surface area contributed by atoms with Gasteiger partial charge in [0.15, 0.2) is 17.3 Å². The molecule has 5 heteroatoms. The molecule has 0 aliphatic heterocycles. The Morgan fingerprint density at radius 2 is 2.00 bits per heavy atom. The molecule has 0 spiro atoms. The number of hydrogen-bond acceptors (Lipinski definition) is 3. The van der Waals surface area contributed by atoms with Gasteiger partial charge in [0.1, 0.15) is 0 Å². The van der Waals surface area contributed by atoms with Crippen molar-refractivity contribution in [2.24, 2.45) is 0 Å². The second-order valence-corrected chi connectivity index (χ2v) is 2.52. The maximum atomic E-state index is 12.7. The van der Waals surface area contributed by atoms with Gasteiger partial charge in [0.2, 0.25) is 0 Å². The summed E-state index contributed by atoms with van der Waals surface area (Å²) in [6, 6.07) is 1.87. The summed E-state index contributed by atoms with van der Waals surface area (Å²) in [7, 11) is 0. The van der Waals surface area contributed by atoms with Gasteiger partial charge in [-0.3, -0.25) is 4.79 Å². The van der Waals surface area contributed by atoms with E-state index in [9.17, 15) is 9.18 Å². The predicted molar refractivity (Wildman–Crippen MR) is 41.1 cm³/mol. The summed E-state index contributed by atoms with van der Waals surface area (Å²) < 4.78 is 12.7. The summed E-state index contributed by atoms with van der Waals surface area (Å²) in [5.74, 6) is -3.69. The van der Waals surface area contributed by atoms with Crippen molar-refractivity contribution in [1.82, 2.24) is 0 Å². The van der Waals surface area contributed by atoms with E-state index in [1.54, 1.807) is 0 Å². The molecule has 0 radical (unpaired) electrons. The van der Waals surface area contributed by atoms with Crippen LogP contribution < -0.4 is 0 Å². The summed E-state index contributed by atoms with van der Waals surface area (Å²) in [4.78, 5) is 10.2. The fourth-order valence-electron chi connectivity index (χ4n) is 0.916. The Balaban J connectivity index is 3.06. The van der Waals surface area contributed by atoms with Crippen molar-refractivity contribution in [1.29, 1.82) is 0 Å². The van der Waals surface area contributed by atoms with Crippen molar-refractivity contribution in [2.75, 3.05) is 0 Å². The lowest BCUT2D eigenvalue weighted by molar-refractivity contribution is -0.136. The molecule has 0 bridgehead atoms. The average molecular weight is 186 g/mol. The van der Waals surface area contributed by atoms with Gasteiger partial charge in [-0.15, -0.1) is 0 Å². The van der Waals surface area contributed by atoms with Crippen LogP contribution in [0.3, 0.4) is 0 Å². The minimum absolute atomic E-state index is 0.0975. The van der Waals surface area contributed by atoms with Crippen LogP contribution >= 0.6 is 0 Å². The van der Waals surface area contributed by atoms with Gasteiger partial charge in [0.25, 0.3) is 0 Å². The van der Waals surface area contributed by atoms with Crippen LogP contribution in [0.25, 0.3) is 0 Å². The van der Waals surface area contributed by atoms with Gasteiger partial charge in [-0.2, -0.15) is 0 Å². The number of carboxylic acids is 1. The first kappa shape index (κ1) is 9.31. The monoisotopic (exact) mass is 186 g/mol. The number of aromatic hydroxyl groups is 2. The molecule has 0 atom stereocenters. The van der Waals surface area contributed by atoms with Gasteiger partial charge in [-0.1, -0.05) is 0 Å². The molecule has 4 nitrogen and oxygen atoms in total. The maximum Gasteiger partial charge on any atom is 0.307 e.